The van der Waals surface area contributed by atoms with Gasteiger partial charge < -0.3 is 14.2 Å². The van der Waals surface area contributed by atoms with E-state index in [-0.39, 0.29) is 23.4 Å². The molecule has 0 aliphatic rings. The van der Waals surface area contributed by atoms with Crippen LogP contribution in [-0.4, -0.2) is 32.1 Å². The SMILES string of the molecule is CC(C)(C)COC(COC(=O)c1ccccc1)OCC(C)(C)C. The minimum atomic E-state index is -0.555. The second kappa shape index (κ2) is 8.46. The molecular formula is C19H30O4. The van der Waals surface area contributed by atoms with Crippen LogP contribution in [0.1, 0.15) is 51.9 Å². The number of ether oxygens (including phenoxy) is 3. The summed E-state index contributed by atoms with van der Waals surface area (Å²) in [5, 5.41) is 0. The molecule has 4 heteroatoms. The summed E-state index contributed by atoms with van der Waals surface area (Å²) >= 11 is 0. The molecule has 0 radical (unpaired) electrons. The van der Waals surface area contributed by atoms with Gasteiger partial charge in [0.05, 0.1) is 18.8 Å². The quantitative estimate of drug-likeness (QED) is 0.555. The van der Waals surface area contributed by atoms with Gasteiger partial charge in [-0.15, -0.1) is 0 Å². The van der Waals surface area contributed by atoms with Gasteiger partial charge in [0.25, 0.3) is 0 Å². The molecule has 0 saturated carbocycles. The number of carbonyl (C=O) groups excluding carboxylic acids is 1. The Kier molecular flexibility index (Phi) is 7.23. The third-order valence-electron chi connectivity index (χ3n) is 2.76. The van der Waals surface area contributed by atoms with E-state index in [1.807, 2.05) is 6.07 Å². The molecule has 0 aliphatic heterocycles. The molecule has 0 bridgehead atoms. The molecule has 0 amide bonds. The number of carbonyl (C=O) groups is 1. The molecule has 1 aromatic carbocycles. The highest BCUT2D eigenvalue weighted by molar-refractivity contribution is 5.89. The normalized spacial score (nSPS) is 12.5. The second-order valence-electron chi connectivity index (χ2n) is 8.14. The second-order valence-corrected chi connectivity index (χ2v) is 8.14. The lowest BCUT2D eigenvalue weighted by Gasteiger charge is -2.27. The van der Waals surface area contributed by atoms with Crippen molar-refractivity contribution in [1.82, 2.24) is 0 Å². The van der Waals surface area contributed by atoms with Crippen molar-refractivity contribution in [3.05, 3.63) is 35.9 Å². The Bertz CT molecular complexity index is 450. The number of esters is 1. The van der Waals surface area contributed by atoms with Gasteiger partial charge in [0, 0.05) is 0 Å². The van der Waals surface area contributed by atoms with Gasteiger partial charge in [-0.2, -0.15) is 0 Å². The number of rotatable bonds is 7. The van der Waals surface area contributed by atoms with Crippen molar-refractivity contribution < 1.29 is 19.0 Å². The van der Waals surface area contributed by atoms with E-state index in [1.165, 1.54) is 0 Å². The molecule has 0 aromatic heterocycles. The molecule has 0 unspecified atom stereocenters. The van der Waals surface area contributed by atoms with Crippen LogP contribution in [0.25, 0.3) is 0 Å². The van der Waals surface area contributed by atoms with E-state index >= 15 is 0 Å². The Morgan fingerprint density at radius 3 is 1.83 bits per heavy atom. The summed E-state index contributed by atoms with van der Waals surface area (Å²) in [6.45, 7) is 13.7. The Morgan fingerprint density at radius 1 is 0.913 bits per heavy atom. The number of benzene rings is 1. The highest BCUT2D eigenvalue weighted by atomic mass is 16.7. The van der Waals surface area contributed by atoms with E-state index in [4.69, 9.17) is 14.2 Å². The van der Waals surface area contributed by atoms with Gasteiger partial charge in [-0.05, 0) is 23.0 Å². The van der Waals surface area contributed by atoms with Gasteiger partial charge in [0.15, 0.2) is 6.29 Å². The zero-order chi connectivity index (χ0) is 17.5. The van der Waals surface area contributed by atoms with Gasteiger partial charge >= 0.3 is 5.97 Å². The van der Waals surface area contributed by atoms with E-state index in [9.17, 15) is 4.79 Å². The first-order valence-corrected chi connectivity index (χ1v) is 8.02. The van der Waals surface area contributed by atoms with E-state index < -0.39 is 6.29 Å². The third kappa shape index (κ3) is 9.36. The molecule has 0 fully saturated rings. The third-order valence-corrected chi connectivity index (χ3v) is 2.76. The van der Waals surface area contributed by atoms with Crippen molar-refractivity contribution in [1.29, 1.82) is 0 Å². The van der Waals surface area contributed by atoms with Gasteiger partial charge in [0.2, 0.25) is 0 Å². The Balaban J connectivity index is 2.55. The average molecular weight is 322 g/mol. The van der Waals surface area contributed by atoms with Crippen LogP contribution in [0, 0.1) is 10.8 Å². The zero-order valence-corrected chi connectivity index (χ0v) is 15.2. The maximum atomic E-state index is 12.0. The van der Waals surface area contributed by atoms with Gasteiger partial charge in [-0.3, -0.25) is 0 Å². The fourth-order valence-electron chi connectivity index (χ4n) is 1.63. The van der Waals surface area contributed by atoms with Crippen LogP contribution in [0.4, 0.5) is 0 Å². The predicted octanol–water partition coefficient (Wildman–Crippen LogP) is 4.29. The maximum absolute atomic E-state index is 12.0. The fourth-order valence-corrected chi connectivity index (χ4v) is 1.63. The first kappa shape index (κ1) is 19.7. The molecule has 0 atom stereocenters. The first-order chi connectivity index (χ1) is 10.6. The van der Waals surface area contributed by atoms with E-state index in [0.717, 1.165) is 0 Å². The Morgan fingerprint density at radius 2 is 1.39 bits per heavy atom. The molecule has 0 heterocycles. The molecule has 1 aromatic rings. The average Bonchev–Trinajstić information content (AvgIpc) is 2.45. The lowest BCUT2D eigenvalue weighted by Crippen LogP contribution is -2.32. The molecule has 130 valence electrons. The highest BCUT2D eigenvalue weighted by Crippen LogP contribution is 2.18. The van der Waals surface area contributed by atoms with Crippen molar-refractivity contribution >= 4 is 5.97 Å². The summed E-state index contributed by atoms with van der Waals surface area (Å²) in [4.78, 5) is 12.0. The standard InChI is InChI=1S/C19H30O4/c1-18(2,3)13-22-16(23-14-19(4,5)6)12-21-17(20)15-10-8-7-9-11-15/h7-11,16H,12-14H2,1-6H3. The van der Waals surface area contributed by atoms with Crippen LogP contribution in [0.15, 0.2) is 30.3 Å². The molecule has 0 spiro atoms. The summed E-state index contributed by atoms with van der Waals surface area (Å²) in [6.07, 6.45) is -0.555. The van der Waals surface area contributed by atoms with Crippen molar-refractivity contribution in [3.63, 3.8) is 0 Å². The Labute approximate surface area is 140 Å². The van der Waals surface area contributed by atoms with Gasteiger partial charge in [-0.1, -0.05) is 59.7 Å². The van der Waals surface area contributed by atoms with Crippen molar-refractivity contribution in [2.75, 3.05) is 19.8 Å². The van der Waals surface area contributed by atoms with Crippen molar-refractivity contribution in [2.45, 2.75) is 47.8 Å². The monoisotopic (exact) mass is 322 g/mol. The van der Waals surface area contributed by atoms with Crippen LogP contribution in [0.2, 0.25) is 0 Å². The summed E-state index contributed by atoms with van der Waals surface area (Å²) in [5.74, 6) is -0.366. The summed E-state index contributed by atoms with van der Waals surface area (Å²) in [6, 6.07) is 8.92. The summed E-state index contributed by atoms with van der Waals surface area (Å²) in [5.41, 5.74) is 0.567. The molecule has 0 aliphatic carbocycles. The zero-order valence-electron chi connectivity index (χ0n) is 15.2. The highest BCUT2D eigenvalue weighted by Gasteiger charge is 2.21. The topological polar surface area (TPSA) is 44.8 Å². The predicted molar refractivity (Wildman–Crippen MR) is 91.3 cm³/mol. The van der Waals surface area contributed by atoms with Crippen molar-refractivity contribution in [3.8, 4) is 0 Å². The van der Waals surface area contributed by atoms with E-state index in [0.29, 0.717) is 18.8 Å². The molecule has 1 rings (SSSR count). The summed E-state index contributed by atoms with van der Waals surface area (Å²) in [7, 11) is 0. The lowest BCUT2D eigenvalue weighted by atomic mass is 9.98. The van der Waals surface area contributed by atoms with E-state index in [2.05, 4.69) is 41.5 Å². The van der Waals surface area contributed by atoms with Crippen molar-refractivity contribution in [2.24, 2.45) is 10.8 Å². The molecular weight excluding hydrogens is 292 g/mol. The van der Waals surface area contributed by atoms with Crippen LogP contribution >= 0.6 is 0 Å². The number of hydrogen-bond donors (Lipinski definition) is 0. The molecule has 0 N–H and O–H groups in total. The van der Waals surface area contributed by atoms with Crippen LogP contribution < -0.4 is 0 Å². The fraction of sp³-hybridized carbons (Fsp3) is 0.632. The van der Waals surface area contributed by atoms with Crippen LogP contribution in [-0.2, 0) is 14.2 Å². The largest absolute Gasteiger partial charge is 0.457 e. The van der Waals surface area contributed by atoms with Gasteiger partial charge in [-0.25, -0.2) is 4.79 Å². The smallest absolute Gasteiger partial charge is 0.338 e. The first-order valence-electron chi connectivity index (χ1n) is 8.02. The Hall–Kier alpha value is -1.39. The van der Waals surface area contributed by atoms with Crippen LogP contribution in [0.5, 0.6) is 0 Å². The molecule has 23 heavy (non-hydrogen) atoms. The number of hydrogen-bond acceptors (Lipinski definition) is 4. The summed E-state index contributed by atoms with van der Waals surface area (Å²) < 4.78 is 16.9. The lowest BCUT2D eigenvalue weighted by molar-refractivity contribution is -0.186. The molecule has 4 nitrogen and oxygen atoms in total. The maximum Gasteiger partial charge on any atom is 0.338 e. The van der Waals surface area contributed by atoms with Crippen LogP contribution in [0.3, 0.4) is 0 Å². The van der Waals surface area contributed by atoms with E-state index in [1.54, 1.807) is 24.3 Å². The molecule has 0 saturated heterocycles. The van der Waals surface area contributed by atoms with Gasteiger partial charge in [0.1, 0.15) is 6.61 Å². The minimum Gasteiger partial charge on any atom is -0.457 e. The minimum absolute atomic E-state index is 0.0206.